The average Bonchev–Trinajstić information content (AvgIpc) is 2.56. The normalized spacial score (nSPS) is 10.5. The van der Waals surface area contributed by atoms with Gasteiger partial charge >= 0.3 is 0 Å². The number of hydrogen-bond acceptors (Lipinski definition) is 5. The lowest BCUT2D eigenvalue weighted by molar-refractivity contribution is 0.414. The van der Waals surface area contributed by atoms with Crippen LogP contribution in [0.4, 0.5) is 4.39 Å². The number of fused-ring (bicyclic) bond motifs is 1. The molecule has 2 aromatic heterocycles. The van der Waals surface area contributed by atoms with Crippen LogP contribution in [0.2, 0.25) is 0 Å². The summed E-state index contributed by atoms with van der Waals surface area (Å²) in [5.74, 6) is 0.507. The molecule has 110 valence electrons. The van der Waals surface area contributed by atoms with E-state index in [1.165, 1.54) is 6.07 Å². The average molecular weight is 297 g/mol. The number of rotatable bonds is 4. The number of halogens is 1. The van der Waals surface area contributed by atoms with Gasteiger partial charge in [-0.25, -0.2) is 4.39 Å². The Morgan fingerprint density at radius 1 is 1.14 bits per heavy atom. The summed E-state index contributed by atoms with van der Waals surface area (Å²) in [5, 5.41) is 7.89. The van der Waals surface area contributed by atoms with Crippen molar-refractivity contribution in [3.05, 3.63) is 54.2 Å². The smallest absolute Gasteiger partial charge is 0.184 e. The van der Waals surface area contributed by atoms with Crippen LogP contribution in [0, 0.1) is 11.2 Å². The van der Waals surface area contributed by atoms with E-state index in [-0.39, 0.29) is 5.75 Å². The predicted molar refractivity (Wildman–Crippen MR) is 80.4 cm³/mol. The molecule has 1 N–H and O–H groups in total. The van der Waals surface area contributed by atoms with Crippen molar-refractivity contribution in [3.63, 3.8) is 0 Å². The molecule has 0 aliphatic heterocycles. The van der Waals surface area contributed by atoms with Crippen molar-refractivity contribution in [3.8, 4) is 17.2 Å². The molecule has 0 saturated heterocycles. The lowest BCUT2D eigenvalue weighted by atomic mass is 10.2. The van der Waals surface area contributed by atoms with Crippen molar-refractivity contribution in [2.24, 2.45) is 0 Å². The molecule has 0 radical (unpaired) electrons. The van der Waals surface area contributed by atoms with Crippen LogP contribution < -0.4 is 9.47 Å². The minimum Gasteiger partial charge on any atom is -0.497 e. The first-order valence-corrected chi connectivity index (χ1v) is 6.48. The van der Waals surface area contributed by atoms with Gasteiger partial charge in [-0.2, -0.15) is 0 Å². The summed E-state index contributed by atoms with van der Waals surface area (Å²) in [5.41, 5.74) is 1.02. The first-order chi connectivity index (χ1) is 10.7. The third-order valence-corrected chi connectivity index (χ3v) is 3.12. The molecule has 0 saturated carbocycles. The van der Waals surface area contributed by atoms with Crippen molar-refractivity contribution in [1.82, 2.24) is 9.97 Å². The van der Waals surface area contributed by atoms with Crippen molar-refractivity contribution >= 4 is 17.1 Å². The lowest BCUT2D eigenvalue weighted by Crippen LogP contribution is -1.95. The van der Waals surface area contributed by atoms with E-state index < -0.39 is 5.82 Å². The zero-order chi connectivity index (χ0) is 15.5. The first kappa shape index (κ1) is 13.9. The summed E-state index contributed by atoms with van der Waals surface area (Å²) in [7, 11) is 1.57. The zero-order valence-electron chi connectivity index (χ0n) is 11.7. The van der Waals surface area contributed by atoms with Gasteiger partial charge in [0.25, 0.3) is 0 Å². The lowest BCUT2D eigenvalue weighted by Gasteiger charge is -2.10. The number of benzene rings is 1. The summed E-state index contributed by atoms with van der Waals surface area (Å²) < 4.78 is 24.7. The molecule has 0 fully saturated rings. The maximum Gasteiger partial charge on any atom is 0.184 e. The summed E-state index contributed by atoms with van der Waals surface area (Å²) >= 11 is 0. The van der Waals surface area contributed by atoms with E-state index in [1.807, 2.05) is 0 Å². The molecule has 1 aromatic carbocycles. The van der Waals surface area contributed by atoms with E-state index in [4.69, 9.17) is 14.9 Å². The maximum absolute atomic E-state index is 13.8. The predicted octanol–water partition coefficient (Wildman–Crippen LogP) is 3.57. The van der Waals surface area contributed by atoms with Crippen LogP contribution in [0.3, 0.4) is 0 Å². The molecular formula is C16H12FN3O2. The molecule has 0 unspecified atom stereocenters. The van der Waals surface area contributed by atoms with Gasteiger partial charge in [-0.15, -0.1) is 0 Å². The summed E-state index contributed by atoms with van der Waals surface area (Å²) in [6.07, 6.45) is 3.64. The SMILES string of the molecule is COc1ccc2nccc(Oc3cc(C=N)ncc3F)c2c1. The quantitative estimate of drug-likeness (QED) is 0.747. The summed E-state index contributed by atoms with van der Waals surface area (Å²) in [4.78, 5) is 8.00. The van der Waals surface area contributed by atoms with Crippen LogP contribution in [0.25, 0.3) is 10.9 Å². The molecule has 2 heterocycles. The molecule has 0 amide bonds. The van der Waals surface area contributed by atoms with E-state index in [1.54, 1.807) is 37.6 Å². The fourth-order valence-electron chi connectivity index (χ4n) is 2.03. The van der Waals surface area contributed by atoms with Gasteiger partial charge in [-0.1, -0.05) is 0 Å². The number of nitrogens with one attached hydrogen (secondary N) is 1. The highest BCUT2D eigenvalue weighted by Gasteiger charge is 2.10. The molecule has 0 atom stereocenters. The van der Waals surface area contributed by atoms with Gasteiger partial charge in [0.15, 0.2) is 11.6 Å². The highest BCUT2D eigenvalue weighted by atomic mass is 19.1. The topological polar surface area (TPSA) is 68.1 Å². The van der Waals surface area contributed by atoms with Crippen LogP contribution in [0.5, 0.6) is 17.2 Å². The van der Waals surface area contributed by atoms with Gasteiger partial charge in [-0.3, -0.25) is 9.97 Å². The third kappa shape index (κ3) is 2.58. The Morgan fingerprint density at radius 3 is 2.77 bits per heavy atom. The number of aromatic nitrogens is 2. The molecule has 3 aromatic rings. The van der Waals surface area contributed by atoms with E-state index in [2.05, 4.69) is 9.97 Å². The number of hydrogen-bond donors (Lipinski definition) is 1. The van der Waals surface area contributed by atoms with Gasteiger partial charge in [0.1, 0.15) is 11.5 Å². The van der Waals surface area contributed by atoms with Gasteiger partial charge in [-0.05, 0) is 24.3 Å². The van der Waals surface area contributed by atoms with E-state index in [9.17, 15) is 4.39 Å². The molecular weight excluding hydrogens is 285 g/mol. The third-order valence-electron chi connectivity index (χ3n) is 3.12. The fourth-order valence-corrected chi connectivity index (χ4v) is 2.03. The van der Waals surface area contributed by atoms with Gasteiger partial charge in [0.05, 0.1) is 24.5 Å². The highest BCUT2D eigenvalue weighted by molar-refractivity contribution is 5.86. The van der Waals surface area contributed by atoms with E-state index in [0.717, 1.165) is 12.4 Å². The van der Waals surface area contributed by atoms with Crippen molar-refractivity contribution in [2.75, 3.05) is 7.11 Å². The molecule has 5 nitrogen and oxygen atoms in total. The van der Waals surface area contributed by atoms with Gasteiger partial charge in [0.2, 0.25) is 0 Å². The maximum atomic E-state index is 13.8. The van der Waals surface area contributed by atoms with Crippen LogP contribution in [0.1, 0.15) is 5.69 Å². The largest absolute Gasteiger partial charge is 0.497 e. The Kier molecular flexibility index (Phi) is 3.65. The second-order valence-corrected chi connectivity index (χ2v) is 4.48. The van der Waals surface area contributed by atoms with Gasteiger partial charge in [0, 0.05) is 23.9 Å². The Labute approximate surface area is 125 Å². The summed E-state index contributed by atoms with van der Waals surface area (Å²) in [6, 6.07) is 8.38. The molecule has 22 heavy (non-hydrogen) atoms. The van der Waals surface area contributed by atoms with Crippen LogP contribution >= 0.6 is 0 Å². The van der Waals surface area contributed by atoms with Crippen LogP contribution in [0.15, 0.2) is 42.7 Å². The minimum atomic E-state index is -0.599. The van der Waals surface area contributed by atoms with Crippen molar-refractivity contribution in [1.29, 1.82) is 5.41 Å². The van der Waals surface area contributed by atoms with Crippen LogP contribution in [-0.4, -0.2) is 23.3 Å². The van der Waals surface area contributed by atoms with Crippen molar-refractivity contribution in [2.45, 2.75) is 0 Å². The molecule has 0 aliphatic carbocycles. The van der Waals surface area contributed by atoms with E-state index >= 15 is 0 Å². The number of methoxy groups -OCH3 is 1. The van der Waals surface area contributed by atoms with Crippen molar-refractivity contribution < 1.29 is 13.9 Å². The summed E-state index contributed by atoms with van der Waals surface area (Å²) in [6.45, 7) is 0. The van der Waals surface area contributed by atoms with Gasteiger partial charge < -0.3 is 14.9 Å². The first-order valence-electron chi connectivity index (χ1n) is 6.48. The highest BCUT2D eigenvalue weighted by Crippen LogP contribution is 2.32. The number of pyridine rings is 2. The fraction of sp³-hybridized carbons (Fsp3) is 0.0625. The minimum absolute atomic E-state index is 0.00354. The standard InChI is InChI=1S/C16H12FN3O2/c1-21-11-2-3-14-12(7-11)15(4-5-19-14)22-16-6-10(8-18)20-9-13(16)17/h2-9,18H,1H3. The molecule has 6 heteroatoms. The molecule has 3 rings (SSSR count). The zero-order valence-corrected chi connectivity index (χ0v) is 11.7. The Hall–Kier alpha value is -3.02. The number of nitrogens with zero attached hydrogens (tertiary/aromatic N) is 2. The molecule has 0 spiro atoms. The molecule has 0 aliphatic rings. The Morgan fingerprint density at radius 2 is 2.00 bits per heavy atom. The van der Waals surface area contributed by atoms with E-state index in [0.29, 0.717) is 28.1 Å². The Bertz CT molecular complexity index is 852. The molecule has 0 bridgehead atoms. The van der Waals surface area contributed by atoms with Crippen LogP contribution in [-0.2, 0) is 0 Å². The second kappa shape index (κ2) is 5.77. The Balaban J connectivity index is 2.09. The monoisotopic (exact) mass is 297 g/mol. The number of ether oxygens (including phenoxy) is 2. The second-order valence-electron chi connectivity index (χ2n) is 4.48.